The number of nitrogens with one attached hydrogen (secondary N) is 2. The largest absolute Gasteiger partial charge is 0.332 e. The minimum Gasteiger partial charge on any atom is -0.332 e. The summed E-state index contributed by atoms with van der Waals surface area (Å²) in [5, 5.41) is 6.63. The zero-order valence-corrected chi connectivity index (χ0v) is 20.6. The summed E-state index contributed by atoms with van der Waals surface area (Å²) < 4.78 is 0. The molecule has 6 rings (SSSR count). The van der Waals surface area contributed by atoms with Crippen molar-refractivity contribution in [1.82, 2.24) is 19.9 Å². The molecule has 1 saturated heterocycles. The molecule has 1 atom stereocenters. The first kappa shape index (κ1) is 23.1. The van der Waals surface area contributed by atoms with Crippen molar-refractivity contribution in [2.75, 3.05) is 17.2 Å². The topological polar surface area (TPSA) is 100 Å². The number of anilines is 3. The minimum atomic E-state index is -0.143. The Morgan fingerprint density at radius 1 is 1.11 bits per heavy atom. The van der Waals surface area contributed by atoms with Crippen molar-refractivity contribution in [2.45, 2.75) is 25.3 Å². The predicted molar refractivity (Wildman–Crippen MR) is 142 cm³/mol. The molecule has 8 nitrogen and oxygen atoms in total. The average molecular weight is 511 g/mol. The van der Waals surface area contributed by atoms with E-state index in [1.807, 2.05) is 53.6 Å². The molecule has 0 spiro atoms. The molecule has 37 heavy (non-hydrogen) atoms. The molecule has 2 N–H and O–H groups in total. The maximum absolute atomic E-state index is 13.3. The molecule has 9 heteroatoms. The molecular weight excluding hydrogens is 488 g/mol. The Balaban J connectivity index is 1.22. The van der Waals surface area contributed by atoms with E-state index < -0.39 is 0 Å². The maximum Gasteiger partial charge on any atom is 0.254 e. The van der Waals surface area contributed by atoms with Crippen LogP contribution in [0.25, 0.3) is 11.3 Å². The lowest BCUT2D eigenvalue weighted by molar-refractivity contribution is -0.115. The predicted octanol–water partition coefficient (Wildman–Crippen LogP) is 5.41. The van der Waals surface area contributed by atoms with Crippen LogP contribution in [0.3, 0.4) is 0 Å². The van der Waals surface area contributed by atoms with E-state index in [-0.39, 0.29) is 24.3 Å². The lowest BCUT2D eigenvalue weighted by Crippen LogP contribution is -2.30. The van der Waals surface area contributed by atoms with Crippen LogP contribution in [0.1, 0.15) is 40.4 Å². The molecule has 4 heterocycles. The summed E-state index contributed by atoms with van der Waals surface area (Å²) in [6.07, 6.45) is 7.32. The molecular formula is C28H23ClN6O2. The molecule has 0 radical (unpaired) electrons. The Hall–Kier alpha value is -4.30. The van der Waals surface area contributed by atoms with Gasteiger partial charge in [-0.05, 0) is 66.9 Å². The molecule has 2 amide bonds. The third-order valence-electron chi connectivity index (χ3n) is 6.70. The van der Waals surface area contributed by atoms with Gasteiger partial charge in [0.05, 0.1) is 23.8 Å². The van der Waals surface area contributed by atoms with Crippen LogP contribution < -0.4 is 10.6 Å². The van der Waals surface area contributed by atoms with Gasteiger partial charge in [0.25, 0.3) is 5.91 Å². The molecule has 0 bridgehead atoms. The third-order valence-corrected chi connectivity index (χ3v) is 6.93. The number of aromatic nitrogens is 3. The maximum atomic E-state index is 13.3. The Morgan fingerprint density at radius 2 is 1.97 bits per heavy atom. The fraction of sp³-hybridized carbons (Fsp3) is 0.179. The van der Waals surface area contributed by atoms with E-state index in [9.17, 15) is 9.59 Å². The van der Waals surface area contributed by atoms with Crippen LogP contribution in [-0.2, 0) is 11.2 Å². The SMILES string of the molecule is O=C1Cc2cnc(Nc3ccc(C(=O)N4CCCC4c4cccnc4)cc3)nc2-c2ccc(Cl)cc2N1. The number of amides is 2. The van der Waals surface area contributed by atoms with E-state index in [1.54, 1.807) is 24.5 Å². The van der Waals surface area contributed by atoms with E-state index in [1.165, 1.54) is 0 Å². The van der Waals surface area contributed by atoms with Crippen LogP contribution in [0.2, 0.25) is 5.02 Å². The first-order chi connectivity index (χ1) is 18.0. The molecule has 4 aromatic rings. The molecule has 2 aliphatic rings. The fourth-order valence-corrected chi connectivity index (χ4v) is 5.12. The summed E-state index contributed by atoms with van der Waals surface area (Å²) in [5.41, 5.74) is 5.25. The standard InChI is InChI=1S/C28H23ClN6O2/c29-20-7-10-22-23(14-20)33-25(36)13-19-16-31-28(34-26(19)22)32-21-8-5-17(6-9-21)27(37)35-12-2-4-24(35)18-3-1-11-30-15-18/h1,3,5-11,14-16,24H,2,4,12-13H2,(H,33,36)(H,31,32,34). The highest BCUT2D eigenvalue weighted by molar-refractivity contribution is 6.31. The third kappa shape index (κ3) is 4.63. The molecule has 0 aliphatic carbocycles. The highest BCUT2D eigenvalue weighted by atomic mass is 35.5. The van der Waals surface area contributed by atoms with Gasteiger partial charge < -0.3 is 15.5 Å². The number of nitrogens with zero attached hydrogens (tertiary/aromatic N) is 4. The smallest absolute Gasteiger partial charge is 0.254 e. The molecule has 1 unspecified atom stereocenters. The number of likely N-dealkylation sites (tertiary alicyclic amines) is 1. The Kier molecular flexibility index (Phi) is 6.02. The van der Waals surface area contributed by atoms with Gasteiger partial charge in [-0.15, -0.1) is 0 Å². The summed E-state index contributed by atoms with van der Waals surface area (Å²) in [6, 6.07) is 16.6. The Labute approximate surface area is 218 Å². The second kappa shape index (κ2) is 9.63. The number of hydrogen-bond acceptors (Lipinski definition) is 6. The zero-order chi connectivity index (χ0) is 25.4. The summed E-state index contributed by atoms with van der Waals surface area (Å²) in [5.74, 6) is 0.256. The van der Waals surface area contributed by atoms with Gasteiger partial charge in [0.15, 0.2) is 0 Å². The molecule has 0 saturated carbocycles. The second-order valence-corrected chi connectivity index (χ2v) is 9.56. The Bertz CT molecular complexity index is 1490. The first-order valence-electron chi connectivity index (χ1n) is 12.1. The van der Waals surface area contributed by atoms with Gasteiger partial charge >= 0.3 is 0 Å². The number of hydrogen-bond donors (Lipinski definition) is 2. The monoisotopic (exact) mass is 510 g/mol. The van der Waals surface area contributed by atoms with Gasteiger partial charge in [0.2, 0.25) is 11.9 Å². The number of rotatable bonds is 4. The average Bonchev–Trinajstić information content (AvgIpc) is 3.35. The number of benzene rings is 2. The van der Waals surface area contributed by atoms with Crippen LogP contribution in [-0.4, -0.2) is 38.2 Å². The summed E-state index contributed by atoms with van der Waals surface area (Å²) in [6.45, 7) is 0.728. The van der Waals surface area contributed by atoms with Gasteiger partial charge in [-0.3, -0.25) is 14.6 Å². The van der Waals surface area contributed by atoms with Gasteiger partial charge in [0, 0.05) is 52.5 Å². The van der Waals surface area contributed by atoms with Gasteiger partial charge in [-0.25, -0.2) is 9.97 Å². The lowest BCUT2D eigenvalue weighted by atomic mass is 10.1. The highest BCUT2D eigenvalue weighted by Gasteiger charge is 2.30. The van der Waals surface area contributed by atoms with Crippen molar-refractivity contribution in [3.8, 4) is 11.3 Å². The number of halogens is 1. The van der Waals surface area contributed by atoms with E-state index in [0.29, 0.717) is 27.9 Å². The van der Waals surface area contributed by atoms with E-state index >= 15 is 0 Å². The molecule has 2 aliphatic heterocycles. The molecule has 1 fully saturated rings. The normalized spacial score (nSPS) is 16.4. The van der Waals surface area contributed by atoms with Crippen molar-refractivity contribution in [3.05, 3.63) is 94.9 Å². The number of carbonyl (C=O) groups excluding carboxylic acids is 2. The van der Waals surface area contributed by atoms with Crippen molar-refractivity contribution in [1.29, 1.82) is 0 Å². The highest BCUT2D eigenvalue weighted by Crippen LogP contribution is 2.35. The Morgan fingerprint density at radius 3 is 2.78 bits per heavy atom. The zero-order valence-electron chi connectivity index (χ0n) is 19.8. The first-order valence-corrected chi connectivity index (χ1v) is 12.5. The van der Waals surface area contributed by atoms with Crippen molar-refractivity contribution < 1.29 is 9.59 Å². The molecule has 2 aromatic carbocycles. The second-order valence-electron chi connectivity index (χ2n) is 9.13. The van der Waals surface area contributed by atoms with Crippen molar-refractivity contribution >= 4 is 40.7 Å². The van der Waals surface area contributed by atoms with Crippen LogP contribution in [0.4, 0.5) is 17.3 Å². The van der Waals surface area contributed by atoms with Crippen LogP contribution in [0, 0.1) is 0 Å². The quantitative estimate of drug-likeness (QED) is 0.381. The van der Waals surface area contributed by atoms with Crippen LogP contribution in [0.5, 0.6) is 0 Å². The van der Waals surface area contributed by atoms with E-state index in [2.05, 4.69) is 20.6 Å². The summed E-state index contributed by atoms with van der Waals surface area (Å²) >= 11 is 6.13. The van der Waals surface area contributed by atoms with Crippen LogP contribution >= 0.6 is 11.6 Å². The van der Waals surface area contributed by atoms with E-state index in [4.69, 9.17) is 16.6 Å². The van der Waals surface area contributed by atoms with Crippen LogP contribution in [0.15, 0.2) is 73.2 Å². The van der Waals surface area contributed by atoms with Gasteiger partial charge in [-0.1, -0.05) is 17.7 Å². The number of pyridine rings is 1. The van der Waals surface area contributed by atoms with E-state index in [0.717, 1.165) is 41.8 Å². The van der Waals surface area contributed by atoms with Crippen molar-refractivity contribution in [2.24, 2.45) is 0 Å². The minimum absolute atomic E-state index is 0.00613. The number of carbonyl (C=O) groups is 2. The van der Waals surface area contributed by atoms with Gasteiger partial charge in [0.1, 0.15) is 0 Å². The summed E-state index contributed by atoms with van der Waals surface area (Å²) in [4.78, 5) is 40.8. The lowest BCUT2D eigenvalue weighted by Gasteiger charge is -2.25. The number of fused-ring (bicyclic) bond motifs is 3. The fourth-order valence-electron chi connectivity index (χ4n) is 4.94. The molecule has 184 valence electrons. The molecule has 2 aromatic heterocycles. The summed E-state index contributed by atoms with van der Waals surface area (Å²) in [7, 11) is 0. The van der Waals surface area contributed by atoms with Gasteiger partial charge in [-0.2, -0.15) is 0 Å². The van der Waals surface area contributed by atoms with Crippen molar-refractivity contribution in [3.63, 3.8) is 0 Å².